The molecular weight excluding hydrogens is 284 g/mol. The Kier molecular flexibility index (Phi) is 3.94. The second-order valence-corrected chi connectivity index (χ2v) is 5.78. The van der Waals surface area contributed by atoms with E-state index in [0.29, 0.717) is 6.54 Å². The monoisotopic (exact) mass is 302 g/mol. The van der Waals surface area contributed by atoms with Gasteiger partial charge in [0.05, 0.1) is 12.2 Å². The molecule has 0 bridgehead atoms. The minimum atomic E-state index is 0.412. The minimum absolute atomic E-state index is 0.412. The Hall–Kier alpha value is -1.86. The number of imidazole rings is 1. The first-order valence-corrected chi connectivity index (χ1v) is 7.89. The van der Waals surface area contributed by atoms with E-state index in [4.69, 9.17) is 5.73 Å². The predicted octanol–water partition coefficient (Wildman–Crippen LogP) is 2.01. The highest BCUT2D eigenvalue weighted by molar-refractivity contribution is 7.98. The van der Waals surface area contributed by atoms with Crippen LogP contribution in [0, 0.1) is 6.92 Å². The van der Waals surface area contributed by atoms with Crippen LogP contribution in [0.5, 0.6) is 0 Å². The summed E-state index contributed by atoms with van der Waals surface area (Å²) >= 11 is 1.64. The van der Waals surface area contributed by atoms with Gasteiger partial charge in [-0.2, -0.15) is 0 Å². The SMILES string of the molecule is CCn1c(CN)nnc1SCc1cn2cc(C)ccc2n1. The van der Waals surface area contributed by atoms with Crippen LogP contribution in [0.2, 0.25) is 0 Å². The van der Waals surface area contributed by atoms with Crippen molar-refractivity contribution in [2.45, 2.75) is 37.8 Å². The highest BCUT2D eigenvalue weighted by atomic mass is 32.2. The van der Waals surface area contributed by atoms with Gasteiger partial charge in [-0.15, -0.1) is 10.2 Å². The summed E-state index contributed by atoms with van der Waals surface area (Å²) in [4.78, 5) is 4.61. The molecule has 0 spiro atoms. The summed E-state index contributed by atoms with van der Waals surface area (Å²) < 4.78 is 4.10. The van der Waals surface area contributed by atoms with Crippen LogP contribution in [0.15, 0.2) is 29.7 Å². The molecule has 6 nitrogen and oxygen atoms in total. The number of fused-ring (bicyclic) bond motifs is 1. The van der Waals surface area contributed by atoms with E-state index in [0.717, 1.165) is 34.6 Å². The number of nitrogens with zero attached hydrogens (tertiary/aromatic N) is 5. The van der Waals surface area contributed by atoms with Crippen LogP contribution in [0.4, 0.5) is 0 Å². The van der Waals surface area contributed by atoms with Gasteiger partial charge in [0.2, 0.25) is 0 Å². The number of nitrogens with two attached hydrogens (primary N) is 1. The molecule has 110 valence electrons. The van der Waals surface area contributed by atoms with Gasteiger partial charge < -0.3 is 14.7 Å². The maximum absolute atomic E-state index is 5.66. The summed E-state index contributed by atoms with van der Waals surface area (Å²) in [7, 11) is 0. The molecule has 21 heavy (non-hydrogen) atoms. The molecule has 0 saturated heterocycles. The van der Waals surface area contributed by atoms with Crippen molar-refractivity contribution in [1.29, 1.82) is 0 Å². The van der Waals surface area contributed by atoms with E-state index < -0.39 is 0 Å². The molecule has 3 aromatic heterocycles. The second kappa shape index (κ2) is 5.87. The molecule has 0 aliphatic heterocycles. The topological polar surface area (TPSA) is 74.0 Å². The third kappa shape index (κ3) is 2.79. The molecular formula is C14H18N6S. The Morgan fingerprint density at radius 2 is 2.10 bits per heavy atom. The van der Waals surface area contributed by atoms with Crippen LogP contribution < -0.4 is 5.73 Å². The van der Waals surface area contributed by atoms with Crippen LogP contribution in [0.1, 0.15) is 24.0 Å². The molecule has 0 aromatic carbocycles. The van der Waals surface area contributed by atoms with E-state index in [1.807, 2.05) is 10.6 Å². The molecule has 7 heteroatoms. The second-order valence-electron chi connectivity index (χ2n) is 4.84. The molecule has 0 fully saturated rings. The summed E-state index contributed by atoms with van der Waals surface area (Å²) in [5.74, 6) is 1.59. The van der Waals surface area contributed by atoms with Gasteiger partial charge in [0, 0.05) is 24.7 Å². The Labute approximate surface area is 127 Å². The zero-order chi connectivity index (χ0) is 14.8. The first-order chi connectivity index (χ1) is 10.2. The minimum Gasteiger partial charge on any atom is -0.324 e. The summed E-state index contributed by atoms with van der Waals surface area (Å²) in [6.07, 6.45) is 4.14. The van der Waals surface area contributed by atoms with E-state index in [-0.39, 0.29) is 0 Å². The number of rotatable bonds is 5. The smallest absolute Gasteiger partial charge is 0.191 e. The first kappa shape index (κ1) is 14.1. The Bertz CT molecular complexity index is 760. The van der Waals surface area contributed by atoms with Crippen LogP contribution >= 0.6 is 11.8 Å². The number of aryl methyl sites for hydroxylation is 1. The highest BCUT2D eigenvalue weighted by Crippen LogP contribution is 2.22. The number of thioether (sulfide) groups is 1. The van der Waals surface area contributed by atoms with Crippen molar-refractivity contribution in [3.8, 4) is 0 Å². The lowest BCUT2D eigenvalue weighted by atomic mass is 10.3. The van der Waals surface area contributed by atoms with Crippen molar-refractivity contribution in [3.05, 3.63) is 41.6 Å². The standard InChI is InChI=1S/C14H18N6S/c1-3-20-13(6-15)17-18-14(20)21-9-11-8-19-7-10(2)4-5-12(19)16-11/h4-5,7-8H,3,6,9,15H2,1-2H3. The zero-order valence-electron chi connectivity index (χ0n) is 12.2. The molecule has 0 atom stereocenters. The van der Waals surface area contributed by atoms with Crippen molar-refractivity contribution in [2.24, 2.45) is 5.73 Å². The molecule has 3 aromatic rings. The van der Waals surface area contributed by atoms with Gasteiger partial charge in [-0.1, -0.05) is 17.8 Å². The van der Waals surface area contributed by atoms with E-state index in [9.17, 15) is 0 Å². The largest absolute Gasteiger partial charge is 0.324 e. The molecule has 2 N–H and O–H groups in total. The quantitative estimate of drug-likeness (QED) is 0.730. The van der Waals surface area contributed by atoms with Gasteiger partial charge in [-0.3, -0.25) is 0 Å². The highest BCUT2D eigenvalue weighted by Gasteiger charge is 2.11. The summed E-state index contributed by atoms with van der Waals surface area (Å²) in [6, 6.07) is 4.10. The van der Waals surface area contributed by atoms with Gasteiger partial charge >= 0.3 is 0 Å². The number of pyridine rings is 1. The molecule has 3 rings (SSSR count). The molecule has 0 amide bonds. The molecule has 0 unspecified atom stereocenters. The Morgan fingerprint density at radius 1 is 1.24 bits per heavy atom. The van der Waals surface area contributed by atoms with E-state index in [1.54, 1.807) is 11.8 Å². The van der Waals surface area contributed by atoms with Crippen LogP contribution in [-0.4, -0.2) is 24.1 Å². The van der Waals surface area contributed by atoms with Crippen LogP contribution in [-0.2, 0) is 18.8 Å². The van der Waals surface area contributed by atoms with Gasteiger partial charge in [0.25, 0.3) is 0 Å². The van der Waals surface area contributed by atoms with E-state index >= 15 is 0 Å². The van der Waals surface area contributed by atoms with E-state index in [1.165, 1.54) is 5.56 Å². The maximum atomic E-state index is 5.66. The molecule has 0 aliphatic rings. The van der Waals surface area contributed by atoms with E-state index in [2.05, 4.69) is 51.9 Å². The van der Waals surface area contributed by atoms with Gasteiger partial charge in [-0.05, 0) is 25.5 Å². The third-order valence-corrected chi connectivity index (χ3v) is 4.29. The predicted molar refractivity (Wildman–Crippen MR) is 83.1 cm³/mol. The molecule has 0 radical (unpaired) electrons. The zero-order valence-corrected chi connectivity index (χ0v) is 13.0. The summed E-state index contributed by atoms with van der Waals surface area (Å²) in [6.45, 7) is 5.38. The Morgan fingerprint density at radius 3 is 2.86 bits per heavy atom. The molecule has 3 heterocycles. The Balaban J connectivity index is 1.78. The first-order valence-electron chi connectivity index (χ1n) is 6.90. The number of hydrogen-bond donors (Lipinski definition) is 1. The number of aromatic nitrogens is 5. The lowest BCUT2D eigenvalue weighted by molar-refractivity contribution is 0.643. The maximum Gasteiger partial charge on any atom is 0.191 e. The van der Waals surface area contributed by atoms with Gasteiger partial charge in [0.1, 0.15) is 11.5 Å². The fourth-order valence-electron chi connectivity index (χ4n) is 2.26. The summed E-state index contributed by atoms with van der Waals surface area (Å²) in [5.41, 5.74) is 8.88. The normalized spacial score (nSPS) is 11.4. The fraction of sp³-hybridized carbons (Fsp3) is 0.357. The fourth-order valence-corrected chi connectivity index (χ4v) is 3.16. The van der Waals surface area contributed by atoms with Gasteiger partial charge in [-0.25, -0.2) is 4.98 Å². The van der Waals surface area contributed by atoms with Crippen molar-refractivity contribution in [3.63, 3.8) is 0 Å². The summed E-state index contributed by atoms with van der Waals surface area (Å²) in [5, 5.41) is 9.21. The van der Waals surface area contributed by atoms with Crippen molar-refractivity contribution >= 4 is 17.4 Å². The average molecular weight is 302 g/mol. The lowest BCUT2D eigenvalue weighted by Gasteiger charge is -2.04. The van der Waals surface area contributed by atoms with Crippen LogP contribution in [0.3, 0.4) is 0 Å². The molecule has 0 aliphatic carbocycles. The molecule has 0 saturated carbocycles. The van der Waals surface area contributed by atoms with Gasteiger partial charge in [0.15, 0.2) is 5.16 Å². The third-order valence-electron chi connectivity index (χ3n) is 3.29. The number of hydrogen-bond acceptors (Lipinski definition) is 5. The van der Waals surface area contributed by atoms with Crippen LogP contribution in [0.25, 0.3) is 5.65 Å². The van der Waals surface area contributed by atoms with Crippen molar-refractivity contribution in [1.82, 2.24) is 24.1 Å². The van der Waals surface area contributed by atoms with Crippen molar-refractivity contribution < 1.29 is 0 Å². The average Bonchev–Trinajstić information content (AvgIpc) is 3.06. The van der Waals surface area contributed by atoms with Crippen molar-refractivity contribution in [2.75, 3.05) is 0 Å². The lowest BCUT2D eigenvalue weighted by Crippen LogP contribution is -2.08.